The van der Waals surface area contributed by atoms with E-state index in [1.54, 1.807) is 0 Å². The zero-order valence-electron chi connectivity index (χ0n) is 6.29. The van der Waals surface area contributed by atoms with Crippen LogP contribution in [0.15, 0.2) is 0 Å². The van der Waals surface area contributed by atoms with Crippen LogP contribution >= 0.6 is 0 Å². The predicted octanol–water partition coefficient (Wildman–Crippen LogP) is 0.605. The third-order valence-corrected chi connectivity index (χ3v) is 2.80. The number of rotatable bonds is 0. The Morgan fingerprint density at radius 3 is 2.50 bits per heavy atom. The first-order chi connectivity index (χ1) is 4.88. The Hall–Kier alpha value is -0.0800. The topological polar surface area (TPSA) is 23.5 Å². The molecule has 0 aromatic rings. The molecule has 10 heavy (non-hydrogen) atoms. The maximum atomic E-state index is 9.54. The van der Waals surface area contributed by atoms with Crippen LogP contribution < -0.4 is 0 Å². The Labute approximate surface area is 61.8 Å². The number of aliphatic hydroxyl groups is 1. The molecule has 0 saturated carbocycles. The van der Waals surface area contributed by atoms with Gasteiger partial charge in [0, 0.05) is 6.04 Å². The highest BCUT2D eigenvalue weighted by Crippen LogP contribution is 2.26. The van der Waals surface area contributed by atoms with Crippen molar-refractivity contribution < 1.29 is 5.11 Å². The second-order valence-electron chi connectivity index (χ2n) is 3.46. The molecule has 0 radical (unpaired) electrons. The van der Waals surface area contributed by atoms with Crippen molar-refractivity contribution in [3.8, 4) is 0 Å². The molecule has 2 heterocycles. The van der Waals surface area contributed by atoms with E-state index < -0.39 is 0 Å². The van der Waals surface area contributed by atoms with E-state index in [9.17, 15) is 5.11 Å². The number of hydrogen-bond acceptors (Lipinski definition) is 2. The summed E-state index contributed by atoms with van der Waals surface area (Å²) < 4.78 is 0. The Bertz CT molecular complexity index is 126. The van der Waals surface area contributed by atoms with Crippen LogP contribution in [0.2, 0.25) is 0 Å². The normalized spacial score (nSPS) is 41.7. The van der Waals surface area contributed by atoms with Gasteiger partial charge in [0.1, 0.15) is 0 Å². The third kappa shape index (κ3) is 0.956. The van der Waals surface area contributed by atoms with Crippen LogP contribution in [0, 0.1) is 0 Å². The summed E-state index contributed by atoms with van der Waals surface area (Å²) >= 11 is 0. The molecular formula is C8H15NO. The predicted molar refractivity (Wildman–Crippen MR) is 39.8 cm³/mol. The van der Waals surface area contributed by atoms with Crippen molar-refractivity contribution in [2.45, 2.75) is 37.8 Å². The summed E-state index contributed by atoms with van der Waals surface area (Å²) in [4.78, 5) is 2.44. The average Bonchev–Trinajstić information content (AvgIpc) is 2.36. The quantitative estimate of drug-likeness (QED) is 0.534. The monoisotopic (exact) mass is 141 g/mol. The summed E-state index contributed by atoms with van der Waals surface area (Å²) in [7, 11) is 0. The summed E-state index contributed by atoms with van der Waals surface area (Å²) in [6, 6.07) is 0.522. The molecule has 2 heteroatoms. The lowest BCUT2D eigenvalue weighted by atomic mass is 10.00. The second kappa shape index (κ2) is 2.51. The van der Waals surface area contributed by atoms with E-state index >= 15 is 0 Å². The van der Waals surface area contributed by atoms with Crippen molar-refractivity contribution in [3.05, 3.63) is 0 Å². The van der Waals surface area contributed by atoms with Crippen molar-refractivity contribution in [1.82, 2.24) is 4.90 Å². The van der Waals surface area contributed by atoms with Crippen LogP contribution in [0.1, 0.15) is 25.7 Å². The Morgan fingerprint density at radius 2 is 1.80 bits per heavy atom. The molecule has 0 spiro atoms. The van der Waals surface area contributed by atoms with Gasteiger partial charge in [-0.25, -0.2) is 0 Å². The van der Waals surface area contributed by atoms with E-state index in [4.69, 9.17) is 0 Å². The van der Waals surface area contributed by atoms with E-state index in [1.807, 2.05) is 0 Å². The average molecular weight is 141 g/mol. The molecule has 1 N–H and O–H groups in total. The SMILES string of the molecule is O[C@@H]1CCCN2CCC[C@H]12. The van der Waals surface area contributed by atoms with Crippen LogP contribution in [0.4, 0.5) is 0 Å². The van der Waals surface area contributed by atoms with E-state index in [0.717, 1.165) is 6.42 Å². The highest BCUT2D eigenvalue weighted by atomic mass is 16.3. The molecule has 2 atom stereocenters. The molecule has 0 aromatic heterocycles. The standard InChI is InChI=1S/C8H15NO/c10-8-4-2-6-9-5-1-3-7(8)9/h7-8,10H,1-6H2/t7-,8-/m1/s1. The number of aliphatic hydroxyl groups excluding tert-OH is 1. The lowest BCUT2D eigenvalue weighted by Gasteiger charge is -2.33. The fraction of sp³-hybridized carbons (Fsp3) is 1.00. The molecule has 2 nitrogen and oxygen atoms in total. The molecule has 0 aliphatic carbocycles. The third-order valence-electron chi connectivity index (χ3n) is 2.80. The summed E-state index contributed by atoms with van der Waals surface area (Å²) in [5.41, 5.74) is 0. The highest BCUT2D eigenvalue weighted by Gasteiger charge is 2.32. The maximum absolute atomic E-state index is 9.54. The minimum Gasteiger partial charge on any atom is -0.391 e. The van der Waals surface area contributed by atoms with Gasteiger partial charge in [0.05, 0.1) is 6.10 Å². The molecule has 2 saturated heterocycles. The summed E-state index contributed by atoms with van der Waals surface area (Å²) in [6.07, 6.45) is 4.72. The molecule has 0 bridgehead atoms. The van der Waals surface area contributed by atoms with Crippen LogP contribution in [-0.2, 0) is 0 Å². The Balaban J connectivity index is 2.03. The maximum Gasteiger partial charge on any atom is 0.0695 e. The molecule has 2 aliphatic rings. The van der Waals surface area contributed by atoms with Gasteiger partial charge in [-0.3, -0.25) is 4.90 Å². The molecule has 2 fully saturated rings. The minimum absolute atomic E-state index is 0.0174. The molecule has 2 aliphatic heterocycles. The van der Waals surface area contributed by atoms with E-state index in [-0.39, 0.29) is 6.10 Å². The van der Waals surface area contributed by atoms with Crippen molar-refractivity contribution >= 4 is 0 Å². The second-order valence-corrected chi connectivity index (χ2v) is 3.46. The van der Waals surface area contributed by atoms with Gasteiger partial charge < -0.3 is 5.11 Å². The summed E-state index contributed by atoms with van der Waals surface area (Å²) in [5, 5.41) is 9.54. The van der Waals surface area contributed by atoms with Gasteiger partial charge in [0.2, 0.25) is 0 Å². The minimum atomic E-state index is -0.0174. The van der Waals surface area contributed by atoms with Crippen LogP contribution in [-0.4, -0.2) is 35.2 Å². The van der Waals surface area contributed by atoms with Gasteiger partial charge >= 0.3 is 0 Å². The first kappa shape index (κ1) is 6.62. The van der Waals surface area contributed by atoms with E-state index in [0.29, 0.717) is 6.04 Å². The van der Waals surface area contributed by atoms with Crippen LogP contribution in [0.3, 0.4) is 0 Å². The zero-order chi connectivity index (χ0) is 6.97. The van der Waals surface area contributed by atoms with Crippen molar-refractivity contribution in [1.29, 1.82) is 0 Å². The van der Waals surface area contributed by atoms with Gasteiger partial charge in [-0.1, -0.05) is 0 Å². The van der Waals surface area contributed by atoms with Crippen molar-refractivity contribution in [2.24, 2.45) is 0 Å². The molecule has 2 rings (SSSR count). The highest BCUT2D eigenvalue weighted by molar-refractivity contribution is 4.88. The molecule has 58 valence electrons. The van der Waals surface area contributed by atoms with Gasteiger partial charge in [-0.2, -0.15) is 0 Å². The van der Waals surface area contributed by atoms with Gasteiger partial charge in [0.15, 0.2) is 0 Å². The largest absolute Gasteiger partial charge is 0.391 e. The fourth-order valence-electron chi connectivity index (χ4n) is 2.26. The number of piperidine rings is 1. The van der Waals surface area contributed by atoms with Gasteiger partial charge in [0.25, 0.3) is 0 Å². The van der Waals surface area contributed by atoms with Crippen molar-refractivity contribution in [2.75, 3.05) is 13.1 Å². The molecule has 0 amide bonds. The van der Waals surface area contributed by atoms with Crippen LogP contribution in [0.25, 0.3) is 0 Å². The summed E-state index contributed by atoms with van der Waals surface area (Å²) in [5.74, 6) is 0. The Morgan fingerprint density at radius 1 is 1.10 bits per heavy atom. The first-order valence-corrected chi connectivity index (χ1v) is 4.30. The number of nitrogens with zero attached hydrogens (tertiary/aromatic N) is 1. The van der Waals surface area contributed by atoms with E-state index in [2.05, 4.69) is 4.90 Å². The number of hydrogen-bond donors (Lipinski definition) is 1. The van der Waals surface area contributed by atoms with Crippen LogP contribution in [0.5, 0.6) is 0 Å². The smallest absolute Gasteiger partial charge is 0.0695 e. The van der Waals surface area contributed by atoms with Crippen molar-refractivity contribution in [3.63, 3.8) is 0 Å². The fourth-order valence-corrected chi connectivity index (χ4v) is 2.26. The number of fused-ring (bicyclic) bond motifs is 1. The molecule has 0 aromatic carbocycles. The van der Waals surface area contributed by atoms with Gasteiger partial charge in [-0.05, 0) is 38.8 Å². The molecular weight excluding hydrogens is 126 g/mol. The first-order valence-electron chi connectivity index (χ1n) is 4.30. The lowest BCUT2D eigenvalue weighted by molar-refractivity contribution is 0.0344. The van der Waals surface area contributed by atoms with E-state index in [1.165, 1.54) is 32.4 Å². The lowest BCUT2D eigenvalue weighted by Crippen LogP contribution is -2.43. The van der Waals surface area contributed by atoms with Gasteiger partial charge in [-0.15, -0.1) is 0 Å². The zero-order valence-corrected chi connectivity index (χ0v) is 6.29. The molecule has 0 unspecified atom stereocenters. The summed E-state index contributed by atoms with van der Waals surface area (Å²) in [6.45, 7) is 2.45. The Kier molecular flexibility index (Phi) is 1.66.